The molecule has 176 valence electrons. The Morgan fingerprint density at radius 1 is 1.06 bits per heavy atom. The van der Waals surface area contributed by atoms with Crippen molar-refractivity contribution < 1.29 is 18.7 Å². The molecule has 1 heterocycles. The van der Waals surface area contributed by atoms with E-state index in [0.717, 1.165) is 16.7 Å². The van der Waals surface area contributed by atoms with Gasteiger partial charge in [0.05, 0.1) is 12.8 Å². The van der Waals surface area contributed by atoms with E-state index >= 15 is 0 Å². The van der Waals surface area contributed by atoms with Crippen LogP contribution in [0, 0.1) is 12.7 Å². The second-order valence-corrected chi connectivity index (χ2v) is 9.05. The van der Waals surface area contributed by atoms with Crippen LogP contribution in [-0.4, -0.2) is 35.7 Å². The first-order valence-electron chi connectivity index (χ1n) is 10.9. The highest BCUT2D eigenvalue weighted by molar-refractivity contribution is 7.99. The van der Waals surface area contributed by atoms with Gasteiger partial charge in [-0.25, -0.2) is 9.18 Å². The van der Waals surface area contributed by atoms with E-state index in [-0.39, 0.29) is 29.7 Å². The highest BCUT2D eigenvalue weighted by Gasteiger charge is 2.43. The van der Waals surface area contributed by atoms with E-state index in [1.165, 1.54) is 12.1 Å². The van der Waals surface area contributed by atoms with E-state index in [4.69, 9.17) is 4.74 Å². The van der Waals surface area contributed by atoms with E-state index in [2.05, 4.69) is 10.6 Å². The number of nitrogens with one attached hydrogen (secondary N) is 2. The number of hydrogen-bond acceptors (Lipinski definition) is 4. The number of thioether (sulfide) groups is 1. The van der Waals surface area contributed by atoms with Crippen LogP contribution < -0.4 is 15.4 Å². The summed E-state index contributed by atoms with van der Waals surface area (Å²) in [6.45, 7) is 2.24. The number of aryl methyl sites for hydroxylation is 1. The summed E-state index contributed by atoms with van der Waals surface area (Å²) in [5.74, 6) is 0.395. The number of hydrogen-bond donors (Lipinski definition) is 2. The van der Waals surface area contributed by atoms with E-state index in [1.54, 1.807) is 48.0 Å². The first kappa shape index (κ1) is 23.6. The highest BCUT2D eigenvalue weighted by Crippen LogP contribution is 2.43. The van der Waals surface area contributed by atoms with Crippen molar-refractivity contribution in [1.29, 1.82) is 0 Å². The molecule has 0 spiro atoms. The van der Waals surface area contributed by atoms with Gasteiger partial charge in [-0.15, -0.1) is 11.8 Å². The summed E-state index contributed by atoms with van der Waals surface area (Å²) in [4.78, 5) is 28.3. The number of halogens is 1. The lowest BCUT2D eigenvalue weighted by Crippen LogP contribution is -2.49. The van der Waals surface area contributed by atoms with E-state index < -0.39 is 6.04 Å². The molecule has 34 heavy (non-hydrogen) atoms. The Balaban J connectivity index is 1.58. The third-order valence-corrected chi connectivity index (χ3v) is 7.03. The number of anilines is 1. The zero-order valence-corrected chi connectivity index (χ0v) is 19.8. The molecule has 2 atom stereocenters. The molecule has 6 nitrogen and oxygen atoms in total. The Hall–Kier alpha value is -3.52. The van der Waals surface area contributed by atoms with Crippen LogP contribution in [0.2, 0.25) is 0 Å². The van der Waals surface area contributed by atoms with Crippen LogP contribution in [-0.2, 0) is 11.3 Å². The van der Waals surface area contributed by atoms with Crippen molar-refractivity contribution in [2.75, 3.05) is 18.2 Å². The standard InChI is InChI=1S/C26H26FN3O3S/c1-17-7-3-4-8-20(17)25-30(26(32)29-21-9-5-6-10-23(21)33-2)22(16-34-25)24(31)28-15-18-11-13-19(27)14-12-18/h3-14,22,25H,15-16H2,1-2H3,(H,28,31)(H,29,32)/t22-,25+/m1/s1. The summed E-state index contributed by atoms with van der Waals surface area (Å²) in [6, 6.07) is 19.9. The predicted molar refractivity (Wildman–Crippen MR) is 132 cm³/mol. The van der Waals surface area contributed by atoms with Gasteiger partial charge in [0.15, 0.2) is 0 Å². The minimum absolute atomic E-state index is 0.247. The molecular weight excluding hydrogens is 453 g/mol. The molecule has 1 saturated heterocycles. The van der Waals surface area contributed by atoms with Gasteiger partial charge < -0.3 is 15.4 Å². The molecule has 0 saturated carbocycles. The number of nitrogens with zero attached hydrogens (tertiary/aromatic N) is 1. The molecule has 0 unspecified atom stereocenters. The van der Waals surface area contributed by atoms with Crippen LogP contribution in [0.15, 0.2) is 72.8 Å². The largest absolute Gasteiger partial charge is 0.495 e. The van der Waals surface area contributed by atoms with Gasteiger partial charge >= 0.3 is 6.03 Å². The Kier molecular flexibility index (Phi) is 7.37. The third kappa shape index (κ3) is 5.17. The van der Waals surface area contributed by atoms with Crippen molar-refractivity contribution in [3.05, 3.63) is 95.3 Å². The zero-order valence-electron chi connectivity index (χ0n) is 19.0. The molecule has 0 aliphatic carbocycles. The van der Waals surface area contributed by atoms with Gasteiger partial charge in [-0.1, -0.05) is 48.5 Å². The molecule has 1 fully saturated rings. The van der Waals surface area contributed by atoms with Gasteiger partial charge in [0.25, 0.3) is 0 Å². The minimum Gasteiger partial charge on any atom is -0.495 e. The Labute approximate surface area is 202 Å². The lowest BCUT2D eigenvalue weighted by atomic mass is 10.1. The summed E-state index contributed by atoms with van der Waals surface area (Å²) in [6.07, 6.45) is 0. The van der Waals surface area contributed by atoms with Crippen molar-refractivity contribution in [3.63, 3.8) is 0 Å². The topological polar surface area (TPSA) is 70.7 Å². The van der Waals surface area contributed by atoms with Crippen molar-refractivity contribution in [1.82, 2.24) is 10.2 Å². The Bertz CT molecular complexity index is 1170. The third-order valence-electron chi connectivity index (χ3n) is 5.72. The number of ether oxygens (including phenoxy) is 1. The molecule has 3 aromatic rings. The number of benzene rings is 3. The van der Waals surface area contributed by atoms with E-state index in [9.17, 15) is 14.0 Å². The second-order valence-electron chi connectivity index (χ2n) is 7.94. The molecule has 8 heteroatoms. The molecule has 2 N–H and O–H groups in total. The molecule has 4 rings (SSSR count). The molecule has 1 aliphatic rings. The van der Waals surface area contributed by atoms with Crippen molar-refractivity contribution in [2.24, 2.45) is 0 Å². The van der Waals surface area contributed by atoms with Gasteiger partial charge in [0, 0.05) is 12.3 Å². The van der Waals surface area contributed by atoms with Gasteiger partial charge in [-0.3, -0.25) is 9.69 Å². The van der Waals surface area contributed by atoms with E-state index in [0.29, 0.717) is 17.2 Å². The molecule has 1 aliphatic heterocycles. The maximum Gasteiger partial charge on any atom is 0.323 e. The van der Waals surface area contributed by atoms with Crippen LogP contribution in [0.25, 0.3) is 0 Å². The fourth-order valence-electron chi connectivity index (χ4n) is 3.90. The van der Waals surface area contributed by atoms with Crippen LogP contribution in [0.1, 0.15) is 22.1 Å². The molecule has 3 amide bonds. The summed E-state index contributed by atoms with van der Waals surface area (Å²) < 4.78 is 18.6. The van der Waals surface area contributed by atoms with Crippen LogP contribution in [0.5, 0.6) is 5.75 Å². The smallest absolute Gasteiger partial charge is 0.323 e. The van der Waals surface area contributed by atoms with Crippen molar-refractivity contribution in [2.45, 2.75) is 24.9 Å². The number of carbonyl (C=O) groups is 2. The van der Waals surface area contributed by atoms with Gasteiger partial charge in [0.1, 0.15) is 23.0 Å². The highest BCUT2D eigenvalue weighted by atomic mass is 32.2. The van der Waals surface area contributed by atoms with Crippen LogP contribution in [0.4, 0.5) is 14.9 Å². The molecule has 0 bridgehead atoms. The first-order chi connectivity index (χ1) is 16.5. The predicted octanol–water partition coefficient (Wildman–Crippen LogP) is 5.11. The number of rotatable bonds is 6. The molecule has 0 radical (unpaired) electrons. The quantitative estimate of drug-likeness (QED) is 0.516. The summed E-state index contributed by atoms with van der Waals surface area (Å²) >= 11 is 1.55. The Morgan fingerprint density at radius 2 is 1.76 bits per heavy atom. The number of carbonyl (C=O) groups excluding carboxylic acids is 2. The van der Waals surface area contributed by atoms with Crippen molar-refractivity contribution in [3.8, 4) is 5.75 Å². The fraction of sp³-hybridized carbons (Fsp3) is 0.231. The van der Waals surface area contributed by atoms with Crippen molar-refractivity contribution >= 4 is 29.4 Å². The summed E-state index contributed by atoms with van der Waals surface area (Å²) in [5, 5.41) is 5.49. The zero-order chi connectivity index (χ0) is 24.1. The number of methoxy groups -OCH3 is 1. The lowest BCUT2D eigenvalue weighted by molar-refractivity contribution is -0.124. The normalized spacial score (nSPS) is 17.3. The maximum atomic E-state index is 13.5. The number of para-hydroxylation sites is 2. The maximum absolute atomic E-state index is 13.5. The second kappa shape index (κ2) is 10.6. The Morgan fingerprint density at radius 3 is 2.50 bits per heavy atom. The van der Waals surface area contributed by atoms with Crippen LogP contribution >= 0.6 is 11.8 Å². The van der Waals surface area contributed by atoms with Crippen LogP contribution in [0.3, 0.4) is 0 Å². The monoisotopic (exact) mass is 479 g/mol. The summed E-state index contributed by atoms with van der Waals surface area (Å²) in [5.41, 5.74) is 3.33. The number of urea groups is 1. The average molecular weight is 480 g/mol. The fourth-order valence-corrected chi connectivity index (χ4v) is 5.42. The molecule has 0 aromatic heterocycles. The molecule has 3 aromatic carbocycles. The summed E-state index contributed by atoms with van der Waals surface area (Å²) in [7, 11) is 1.54. The van der Waals surface area contributed by atoms with E-state index in [1.807, 2.05) is 43.3 Å². The van der Waals surface area contributed by atoms with Gasteiger partial charge in [0.2, 0.25) is 5.91 Å². The SMILES string of the molecule is COc1ccccc1NC(=O)N1[C@@H](C(=O)NCc2ccc(F)cc2)CS[C@H]1c1ccccc1C. The minimum atomic E-state index is -0.676. The molecular formula is C26H26FN3O3S. The average Bonchev–Trinajstić information content (AvgIpc) is 3.29. The van der Waals surface area contributed by atoms with Gasteiger partial charge in [-0.2, -0.15) is 0 Å². The first-order valence-corrected chi connectivity index (χ1v) is 11.9. The lowest BCUT2D eigenvalue weighted by Gasteiger charge is -2.30. The van der Waals surface area contributed by atoms with Gasteiger partial charge in [-0.05, 0) is 47.9 Å². The number of amides is 3.